The molecule has 0 N–H and O–H groups in total. The van der Waals surface area contributed by atoms with Crippen LogP contribution in [0.3, 0.4) is 0 Å². The Bertz CT molecular complexity index is 308. The Morgan fingerprint density at radius 2 is 1.73 bits per heavy atom. The van der Waals surface area contributed by atoms with Crippen LogP contribution in [0.15, 0.2) is 0 Å². The molecule has 15 heavy (non-hydrogen) atoms. The molecule has 0 aliphatic rings. The predicted octanol–water partition coefficient (Wildman–Crippen LogP) is 3.99. The molecule has 1 aromatic heterocycles. The summed E-state index contributed by atoms with van der Waals surface area (Å²) >= 11 is 13.9. The van der Waals surface area contributed by atoms with E-state index in [1.807, 2.05) is 0 Å². The van der Waals surface area contributed by atoms with Crippen molar-refractivity contribution in [3.63, 3.8) is 0 Å². The number of hydrogen-bond donors (Lipinski definition) is 0. The van der Waals surface area contributed by atoms with E-state index in [-0.39, 0.29) is 0 Å². The molecule has 0 aromatic carbocycles. The zero-order valence-electron chi connectivity index (χ0n) is 8.89. The Hall–Kier alpha value is 0.01000. The summed E-state index contributed by atoms with van der Waals surface area (Å²) in [7, 11) is 0. The van der Waals surface area contributed by atoms with Gasteiger partial charge in [-0.2, -0.15) is 11.8 Å². The van der Waals surface area contributed by atoms with Crippen molar-refractivity contribution in [2.45, 2.75) is 32.4 Å². The summed E-state index contributed by atoms with van der Waals surface area (Å²) in [5.74, 6) is 2.52. The Morgan fingerprint density at radius 3 is 2.20 bits per heavy atom. The average Bonchev–Trinajstić information content (AvgIpc) is 2.20. The quantitative estimate of drug-likeness (QED) is 0.753. The lowest BCUT2D eigenvalue weighted by atomic mass is 10.2. The van der Waals surface area contributed by atoms with E-state index in [9.17, 15) is 0 Å². The van der Waals surface area contributed by atoms with Gasteiger partial charge in [-0.3, -0.25) is 0 Å². The lowest BCUT2D eigenvalue weighted by molar-refractivity contribution is 0.888. The first-order valence-corrected chi connectivity index (χ1v) is 6.88. The zero-order valence-corrected chi connectivity index (χ0v) is 11.2. The number of thioether (sulfide) groups is 1. The monoisotopic (exact) mass is 264 g/mol. The molecule has 0 saturated heterocycles. The van der Waals surface area contributed by atoms with Crippen molar-refractivity contribution >= 4 is 35.0 Å². The molecular formula is C10H14Cl2N2S. The van der Waals surface area contributed by atoms with Gasteiger partial charge in [-0.1, -0.05) is 43.5 Å². The van der Waals surface area contributed by atoms with Crippen LogP contribution in [-0.2, 0) is 12.2 Å². The summed E-state index contributed by atoms with van der Waals surface area (Å²) in [5.41, 5.74) is 0.867. The van der Waals surface area contributed by atoms with E-state index in [0.717, 1.165) is 35.7 Å². The standard InChI is InChI=1S/C10H14Cl2N2S/c1-3-5-7-9(11)13-8(6-15-4-2)14-10(7)12/h3-6H2,1-2H3. The van der Waals surface area contributed by atoms with Crippen molar-refractivity contribution in [1.82, 2.24) is 9.97 Å². The lowest BCUT2D eigenvalue weighted by Crippen LogP contribution is -1.99. The molecule has 1 heterocycles. The van der Waals surface area contributed by atoms with Crippen LogP contribution in [0.5, 0.6) is 0 Å². The molecule has 0 saturated carbocycles. The molecule has 0 aliphatic heterocycles. The molecule has 84 valence electrons. The maximum Gasteiger partial charge on any atom is 0.141 e. The molecule has 1 aromatic rings. The molecule has 0 aliphatic carbocycles. The predicted molar refractivity (Wildman–Crippen MR) is 67.9 cm³/mol. The minimum atomic E-state index is 0.503. The van der Waals surface area contributed by atoms with E-state index < -0.39 is 0 Å². The van der Waals surface area contributed by atoms with Crippen LogP contribution in [0.1, 0.15) is 31.7 Å². The van der Waals surface area contributed by atoms with Gasteiger partial charge in [0.05, 0.1) is 5.75 Å². The van der Waals surface area contributed by atoms with Crippen molar-refractivity contribution in [3.05, 3.63) is 21.7 Å². The van der Waals surface area contributed by atoms with Gasteiger partial charge in [0.25, 0.3) is 0 Å². The fourth-order valence-electron chi connectivity index (χ4n) is 1.19. The number of aromatic nitrogens is 2. The normalized spacial score (nSPS) is 10.7. The van der Waals surface area contributed by atoms with Gasteiger partial charge in [0.1, 0.15) is 16.1 Å². The summed E-state index contributed by atoms with van der Waals surface area (Å²) in [6.45, 7) is 4.17. The van der Waals surface area contributed by atoms with Gasteiger partial charge in [0.15, 0.2) is 0 Å². The SMILES string of the molecule is CCCc1c(Cl)nc(CSCC)nc1Cl. The molecule has 0 amide bonds. The van der Waals surface area contributed by atoms with Crippen molar-refractivity contribution in [1.29, 1.82) is 0 Å². The zero-order chi connectivity index (χ0) is 11.3. The van der Waals surface area contributed by atoms with Crippen molar-refractivity contribution < 1.29 is 0 Å². The third-order valence-corrected chi connectivity index (χ3v) is 3.38. The Balaban J connectivity index is 2.87. The second kappa shape index (κ2) is 6.56. The van der Waals surface area contributed by atoms with Gasteiger partial charge in [0, 0.05) is 5.56 Å². The lowest BCUT2D eigenvalue weighted by Gasteiger charge is -2.06. The molecule has 0 spiro atoms. The van der Waals surface area contributed by atoms with Crippen molar-refractivity contribution in [2.24, 2.45) is 0 Å². The first-order valence-electron chi connectivity index (χ1n) is 4.97. The highest BCUT2D eigenvalue weighted by atomic mass is 35.5. The van der Waals surface area contributed by atoms with E-state index in [2.05, 4.69) is 23.8 Å². The van der Waals surface area contributed by atoms with E-state index in [4.69, 9.17) is 23.2 Å². The maximum atomic E-state index is 6.05. The van der Waals surface area contributed by atoms with Gasteiger partial charge in [-0.25, -0.2) is 9.97 Å². The van der Waals surface area contributed by atoms with E-state index in [1.165, 1.54) is 0 Å². The highest BCUT2D eigenvalue weighted by Gasteiger charge is 2.10. The van der Waals surface area contributed by atoms with Gasteiger partial charge in [-0.05, 0) is 12.2 Å². The van der Waals surface area contributed by atoms with Crippen LogP contribution < -0.4 is 0 Å². The number of halogens is 2. The average molecular weight is 265 g/mol. The summed E-state index contributed by atoms with van der Waals surface area (Å²) in [5, 5.41) is 1.01. The highest BCUT2D eigenvalue weighted by Crippen LogP contribution is 2.23. The van der Waals surface area contributed by atoms with Crippen molar-refractivity contribution in [2.75, 3.05) is 5.75 Å². The number of nitrogens with zero attached hydrogens (tertiary/aromatic N) is 2. The van der Waals surface area contributed by atoms with Gasteiger partial charge in [0.2, 0.25) is 0 Å². The van der Waals surface area contributed by atoms with E-state index >= 15 is 0 Å². The van der Waals surface area contributed by atoms with Crippen LogP contribution in [0.4, 0.5) is 0 Å². The summed E-state index contributed by atoms with van der Waals surface area (Å²) in [6.07, 6.45) is 1.82. The minimum absolute atomic E-state index is 0.503. The second-order valence-electron chi connectivity index (χ2n) is 3.09. The topological polar surface area (TPSA) is 25.8 Å². The molecule has 5 heteroatoms. The van der Waals surface area contributed by atoms with Gasteiger partial charge >= 0.3 is 0 Å². The number of hydrogen-bond acceptors (Lipinski definition) is 3. The molecule has 0 radical (unpaired) electrons. The fraction of sp³-hybridized carbons (Fsp3) is 0.600. The smallest absolute Gasteiger partial charge is 0.141 e. The molecule has 0 unspecified atom stereocenters. The Kier molecular flexibility index (Phi) is 5.72. The van der Waals surface area contributed by atoms with Crippen LogP contribution in [0.2, 0.25) is 10.3 Å². The number of rotatable bonds is 5. The summed E-state index contributed by atoms with van der Waals surface area (Å²) in [4.78, 5) is 8.48. The molecule has 0 atom stereocenters. The van der Waals surface area contributed by atoms with E-state index in [0.29, 0.717) is 10.3 Å². The largest absolute Gasteiger partial charge is 0.220 e. The third-order valence-electron chi connectivity index (χ3n) is 1.89. The molecular weight excluding hydrogens is 251 g/mol. The van der Waals surface area contributed by atoms with Gasteiger partial charge in [-0.15, -0.1) is 0 Å². The van der Waals surface area contributed by atoms with Crippen LogP contribution in [0, 0.1) is 0 Å². The Morgan fingerprint density at radius 1 is 1.13 bits per heavy atom. The summed E-state index contributed by atoms with van der Waals surface area (Å²) < 4.78 is 0. The summed E-state index contributed by atoms with van der Waals surface area (Å²) in [6, 6.07) is 0. The fourth-order valence-corrected chi connectivity index (χ4v) is 2.31. The van der Waals surface area contributed by atoms with Crippen LogP contribution in [0.25, 0.3) is 0 Å². The maximum absolute atomic E-state index is 6.05. The van der Waals surface area contributed by atoms with E-state index in [1.54, 1.807) is 11.8 Å². The Labute approximate surface area is 105 Å². The first kappa shape index (κ1) is 13.1. The van der Waals surface area contributed by atoms with Crippen LogP contribution in [-0.4, -0.2) is 15.7 Å². The molecule has 1 rings (SSSR count). The highest BCUT2D eigenvalue weighted by molar-refractivity contribution is 7.98. The molecule has 0 fully saturated rings. The minimum Gasteiger partial charge on any atom is -0.220 e. The van der Waals surface area contributed by atoms with Gasteiger partial charge < -0.3 is 0 Å². The third kappa shape index (κ3) is 3.82. The first-order chi connectivity index (χ1) is 7.19. The molecule has 0 bridgehead atoms. The molecule has 2 nitrogen and oxygen atoms in total. The second-order valence-corrected chi connectivity index (χ2v) is 5.08. The van der Waals surface area contributed by atoms with Crippen molar-refractivity contribution in [3.8, 4) is 0 Å². The van der Waals surface area contributed by atoms with Crippen LogP contribution >= 0.6 is 35.0 Å².